The van der Waals surface area contributed by atoms with Crippen LogP contribution >= 0.6 is 0 Å². The van der Waals surface area contributed by atoms with E-state index >= 15 is 4.39 Å². The summed E-state index contributed by atoms with van der Waals surface area (Å²) < 4.78 is 23.4. The molecule has 2 unspecified atom stereocenters. The second kappa shape index (κ2) is 11.3. The third-order valence-corrected chi connectivity index (χ3v) is 12.0. The second-order valence-electron chi connectivity index (χ2n) is 15.5. The number of likely N-dealkylation sites (tertiary alicyclic amines) is 1. The minimum absolute atomic E-state index is 0.0460. The Morgan fingerprint density at radius 3 is 2.50 bits per heavy atom. The van der Waals surface area contributed by atoms with Crippen molar-refractivity contribution in [3.8, 4) is 35.2 Å². The lowest BCUT2D eigenvalue weighted by Crippen LogP contribution is -2.52. The number of halogens is 1. The van der Waals surface area contributed by atoms with Gasteiger partial charge < -0.3 is 30.7 Å². The normalized spacial score (nSPS) is 24.6. The van der Waals surface area contributed by atoms with E-state index in [-0.39, 0.29) is 22.7 Å². The van der Waals surface area contributed by atoms with E-state index in [0.717, 1.165) is 69.2 Å². The zero-order chi connectivity index (χ0) is 32.6. The summed E-state index contributed by atoms with van der Waals surface area (Å²) in [6.07, 6.45) is 15.2. The quantitative estimate of drug-likeness (QED) is 0.224. The first-order valence-electron chi connectivity index (χ1n) is 17.6. The number of ether oxygens (including phenoxy) is 1. The highest BCUT2D eigenvalue weighted by molar-refractivity contribution is 6.04. The van der Waals surface area contributed by atoms with Crippen LogP contribution in [0.4, 0.5) is 10.2 Å². The molecule has 3 aliphatic heterocycles. The molecule has 8 nitrogen and oxygen atoms in total. The van der Waals surface area contributed by atoms with Crippen molar-refractivity contribution in [2.75, 3.05) is 44.2 Å². The summed E-state index contributed by atoms with van der Waals surface area (Å²) >= 11 is 0. The largest absolute Gasteiger partial charge is 0.508 e. The van der Waals surface area contributed by atoms with Crippen LogP contribution in [0.25, 0.3) is 32.8 Å². The molecule has 1 aromatic heterocycles. The number of nitrogens with two attached hydrogens (primary N) is 1. The first kappa shape index (κ1) is 30.1. The molecule has 0 radical (unpaired) electrons. The van der Waals surface area contributed by atoms with Gasteiger partial charge in [0.25, 0.3) is 0 Å². The topological polar surface area (TPSA) is 99.8 Å². The van der Waals surface area contributed by atoms with E-state index < -0.39 is 5.82 Å². The summed E-state index contributed by atoms with van der Waals surface area (Å²) in [4.78, 5) is 14.6. The third kappa shape index (κ3) is 5.26. The molecule has 3 aromatic carbocycles. The summed E-state index contributed by atoms with van der Waals surface area (Å²) in [6, 6.07) is 13.9. The van der Waals surface area contributed by atoms with Gasteiger partial charge in [0.15, 0.2) is 5.82 Å². The van der Waals surface area contributed by atoms with E-state index in [4.69, 9.17) is 26.9 Å². The predicted octanol–water partition coefficient (Wildman–Crippen LogP) is 5.58. The van der Waals surface area contributed by atoms with E-state index in [1.165, 1.54) is 25.7 Å². The van der Waals surface area contributed by atoms with Gasteiger partial charge in [-0.3, -0.25) is 0 Å². The molecule has 1 spiro atoms. The van der Waals surface area contributed by atoms with E-state index in [1.54, 1.807) is 18.2 Å². The molecule has 2 aliphatic carbocycles. The van der Waals surface area contributed by atoms with Gasteiger partial charge in [0, 0.05) is 65.1 Å². The molecule has 5 fully saturated rings. The van der Waals surface area contributed by atoms with Crippen molar-refractivity contribution < 1.29 is 14.2 Å². The number of phenolic OH excluding ortho intramolecular Hbond substituents is 1. The van der Waals surface area contributed by atoms with Crippen molar-refractivity contribution in [1.82, 2.24) is 20.2 Å². The summed E-state index contributed by atoms with van der Waals surface area (Å²) in [5, 5.41) is 16.5. The molecular formula is C39H43FN6O2. The first-order valence-corrected chi connectivity index (χ1v) is 17.6. The Labute approximate surface area is 280 Å². The minimum Gasteiger partial charge on any atom is -0.508 e. The highest BCUT2D eigenvalue weighted by Gasteiger charge is 2.48. The van der Waals surface area contributed by atoms with Crippen LogP contribution in [-0.4, -0.2) is 77.4 Å². The van der Waals surface area contributed by atoms with Crippen molar-refractivity contribution in [2.24, 2.45) is 16.6 Å². The number of hydrogen-bond donors (Lipinski definition) is 3. The molecule has 4 aromatic rings. The number of phenols is 1. The number of nitrogens with zero attached hydrogens (tertiary/aromatic N) is 4. The minimum atomic E-state index is -0.475. The molecule has 248 valence electrons. The van der Waals surface area contributed by atoms with Gasteiger partial charge in [0.2, 0.25) is 0 Å². The molecule has 4 N–H and O–H groups in total. The average molecular weight is 647 g/mol. The summed E-state index contributed by atoms with van der Waals surface area (Å²) in [6.45, 7) is 5.38. The smallest absolute Gasteiger partial charge is 0.319 e. The van der Waals surface area contributed by atoms with Gasteiger partial charge in [-0.05, 0) is 105 Å². The molecular weight excluding hydrogens is 603 g/mol. The Kier molecular flexibility index (Phi) is 7.09. The number of aromatic nitrogens is 2. The maximum absolute atomic E-state index is 16.9. The Hall–Kier alpha value is -3.97. The van der Waals surface area contributed by atoms with Crippen molar-refractivity contribution >= 4 is 27.5 Å². The van der Waals surface area contributed by atoms with E-state index in [9.17, 15) is 5.11 Å². The lowest BCUT2D eigenvalue weighted by molar-refractivity contribution is 0.00831. The molecule has 2 atom stereocenters. The predicted molar refractivity (Wildman–Crippen MR) is 187 cm³/mol. The van der Waals surface area contributed by atoms with Gasteiger partial charge in [0.1, 0.15) is 17.1 Å². The monoisotopic (exact) mass is 646 g/mol. The fourth-order valence-electron chi connectivity index (χ4n) is 9.22. The van der Waals surface area contributed by atoms with Crippen LogP contribution in [0.1, 0.15) is 56.9 Å². The number of aromatic hydroxyl groups is 1. The maximum atomic E-state index is 16.9. The number of rotatable bonds is 7. The molecule has 2 saturated carbocycles. The zero-order valence-corrected chi connectivity index (χ0v) is 27.3. The molecule has 4 heterocycles. The summed E-state index contributed by atoms with van der Waals surface area (Å²) in [5.41, 5.74) is 8.42. The Morgan fingerprint density at radius 1 is 1.02 bits per heavy atom. The van der Waals surface area contributed by atoms with Crippen molar-refractivity contribution in [3.05, 3.63) is 53.8 Å². The van der Waals surface area contributed by atoms with E-state index in [0.29, 0.717) is 58.0 Å². The molecule has 5 aliphatic rings. The number of fused-ring (bicyclic) bond motifs is 4. The molecule has 9 heteroatoms. The zero-order valence-electron chi connectivity index (χ0n) is 27.3. The number of hydrogen-bond acceptors (Lipinski definition) is 8. The Balaban J connectivity index is 1.05. The summed E-state index contributed by atoms with van der Waals surface area (Å²) in [7, 11) is 0. The van der Waals surface area contributed by atoms with Gasteiger partial charge in [-0.2, -0.15) is 9.97 Å². The lowest BCUT2D eigenvalue weighted by atomic mass is 9.60. The number of anilines is 1. The van der Waals surface area contributed by atoms with Gasteiger partial charge in [-0.25, -0.2) is 4.39 Å². The second-order valence-corrected chi connectivity index (χ2v) is 15.5. The fraction of sp³-hybridized carbons (Fsp3) is 0.487. The number of piperazine rings is 1. The number of benzene rings is 3. The number of piperidine rings is 1. The fourth-order valence-corrected chi connectivity index (χ4v) is 9.22. The van der Waals surface area contributed by atoms with E-state index in [2.05, 4.69) is 21.0 Å². The van der Waals surface area contributed by atoms with Crippen LogP contribution in [0, 0.1) is 29.0 Å². The molecule has 0 amide bonds. The van der Waals surface area contributed by atoms with Crippen molar-refractivity contribution in [2.45, 2.75) is 69.5 Å². The first-order chi connectivity index (χ1) is 23.3. The van der Waals surface area contributed by atoms with Crippen molar-refractivity contribution in [3.63, 3.8) is 0 Å². The van der Waals surface area contributed by atoms with Gasteiger partial charge in [0.05, 0.1) is 6.61 Å². The third-order valence-electron chi connectivity index (χ3n) is 12.0. The summed E-state index contributed by atoms with van der Waals surface area (Å²) in [5.74, 6) is 3.03. The standard InChI is InChI=1S/C39H43FN6O2/c1-2-24-4-3-5-25-16-29(47)17-32(33(24)25)30-8-9-31-35(34(30)40)43-37(44-36(31)46-20-27-6-7-28(21-46)42-27)48-23-39(10-11-39)22-45-14-12-38(13-15-45)18-26(41)19-38/h1,3-5,8-9,16-17,26-28,42,47H,6-7,10-15,18-23,41H2. The lowest BCUT2D eigenvalue weighted by Gasteiger charge is -2.51. The van der Waals surface area contributed by atoms with Gasteiger partial charge in [-0.1, -0.05) is 24.1 Å². The van der Waals surface area contributed by atoms with Crippen LogP contribution < -0.4 is 20.7 Å². The van der Waals surface area contributed by atoms with Crippen LogP contribution in [-0.2, 0) is 0 Å². The molecule has 9 rings (SSSR count). The maximum Gasteiger partial charge on any atom is 0.319 e. The van der Waals surface area contributed by atoms with Crippen LogP contribution in [0.3, 0.4) is 0 Å². The number of nitrogens with one attached hydrogen (secondary N) is 1. The van der Waals surface area contributed by atoms with Crippen LogP contribution in [0.5, 0.6) is 11.8 Å². The Bertz CT molecular complexity index is 1940. The number of terminal acetylenes is 1. The van der Waals surface area contributed by atoms with Gasteiger partial charge >= 0.3 is 6.01 Å². The average Bonchev–Trinajstić information content (AvgIpc) is 3.76. The van der Waals surface area contributed by atoms with Gasteiger partial charge in [-0.15, -0.1) is 6.42 Å². The van der Waals surface area contributed by atoms with Crippen LogP contribution in [0.15, 0.2) is 42.5 Å². The van der Waals surface area contributed by atoms with Crippen LogP contribution in [0.2, 0.25) is 0 Å². The van der Waals surface area contributed by atoms with Crippen molar-refractivity contribution in [1.29, 1.82) is 0 Å². The highest BCUT2D eigenvalue weighted by Crippen LogP contribution is 2.51. The molecule has 48 heavy (non-hydrogen) atoms. The Morgan fingerprint density at radius 2 is 1.79 bits per heavy atom. The molecule has 3 saturated heterocycles. The van der Waals surface area contributed by atoms with E-state index in [1.807, 2.05) is 24.3 Å². The SMILES string of the molecule is C#Cc1cccc2cc(O)cc(-c3ccc4c(N5CC6CCC(C5)N6)nc(OCC5(CN6CCC7(CC6)CC(N)C7)CC5)nc4c3F)c12. The highest BCUT2D eigenvalue weighted by atomic mass is 19.1. The molecule has 2 bridgehead atoms.